The summed E-state index contributed by atoms with van der Waals surface area (Å²) in [5.74, 6) is 1.40. The Morgan fingerprint density at radius 2 is 1.79 bits per heavy atom. The summed E-state index contributed by atoms with van der Waals surface area (Å²) in [6, 6.07) is 5.41. The Labute approximate surface area is 114 Å². The first-order chi connectivity index (χ1) is 9.27. The smallest absolute Gasteiger partial charge is 0.145 e. The fourth-order valence-corrected chi connectivity index (χ4v) is 1.40. The minimum absolute atomic E-state index is 0.487. The molecule has 0 heterocycles. The van der Waals surface area contributed by atoms with Crippen LogP contribution in [0.3, 0.4) is 0 Å². The van der Waals surface area contributed by atoms with Crippen molar-refractivity contribution in [1.82, 2.24) is 0 Å². The summed E-state index contributed by atoms with van der Waals surface area (Å²) in [5, 5.41) is 0. The summed E-state index contributed by atoms with van der Waals surface area (Å²) in [7, 11) is 1.64. The monoisotopic (exact) mass is 269 g/mol. The molecule has 1 rings (SSSR count). The van der Waals surface area contributed by atoms with E-state index in [-0.39, 0.29) is 0 Å². The molecule has 0 aliphatic heterocycles. The lowest BCUT2D eigenvalue weighted by molar-refractivity contribution is 0.0544. The molecule has 19 heavy (non-hydrogen) atoms. The van der Waals surface area contributed by atoms with Gasteiger partial charge in [0.15, 0.2) is 0 Å². The minimum Gasteiger partial charge on any atom is -0.491 e. The van der Waals surface area contributed by atoms with Crippen LogP contribution in [0.5, 0.6) is 11.5 Å². The molecular formula is C14H23NO4. The number of methoxy groups -OCH3 is 1. The zero-order valence-electron chi connectivity index (χ0n) is 11.7. The van der Waals surface area contributed by atoms with Crippen molar-refractivity contribution in [1.29, 1.82) is 0 Å². The summed E-state index contributed by atoms with van der Waals surface area (Å²) < 4.78 is 21.3. The maximum absolute atomic E-state index is 5.82. The number of anilines is 1. The molecule has 0 fully saturated rings. The molecule has 0 spiro atoms. The number of nitrogens with two attached hydrogens (primary N) is 1. The van der Waals surface area contributed by atoms with Gasteiger partial charge in [0.05, 0.1) is 32.1 Å². The molecule has 0 bridgehead atoms. The molecule has 0 aliphatic carbocycles. The van der Waals surface area contributed by atoms with Crippen LogP contribution in [0, 0.1) is 0 Å². The molecule has 0 saturated carbocycles. The first-order valence-electron chi connectivity index (χ1n) is 6.49. The third-order valence-corrected chi connectivity index (χ3v) is 2.37. The summed E-state index contributed by atoms with van der Waals surface area (Å²) in [6.07, 6.45) is 0.942. The number of hydrogen-bond acceptors (Lipinski definition) is 5. The second-order valence-electron chi connectivity index (χ2n) is 4.00. The van der Waals surface area contributed by atoms with Gasteiger partial charge in [-0.25, -0.2) is 0 Å². The van der Waals surface area contributed by atoms with Gasteiger partial charge in [0.1, 0.15) is 18.1 Å². The normalized spacial score (nSPS) is 10.4. The van der Waals surface area contributed by atoms with E-state index in [1.807, 2.05) is 13.0 Å². The maximum atomic E-state index is 5.82. The topological polar surface area (TPSA) is 62.9 Å². The van der Waals surface area contributed by atoms with Crippen molar-refractivity contribution >= 4 is 5.69 Å². The van der Waals surface area contributed by atoms with Crippen molar-refractivity contribution in [3.05, 3.63) is 18.2 Å². The highest BCUT2D eigenvalue weighted by Gasteiger charge is 2.03. The third kappa shape index (κ3) is 6.31. The summed E-state index contributed by atoms with van der Waals surface area (Å²) in [5.41, 5.74) is 6.44. The van der Waals surface area contributed by atoms with Crippen molar-refractivity contribution in [2.45, 2.75) is 13.3 Å². The Kier molecular flexibility index (Phi) is 7.77. The van der Waals surface area contributed by atoms with Gasteiger partial charge in [-0.15, -0.1) is 0 Å². The number of ether oxygens (including phenoxy) is 4. The van der Waals surface area contributed by atoms with E-state index in [4.69, 9.17) is 24.7 Å². The van der Waals surface area contributed by atoms with Gasteiger partial charge in [-0.2, -0.15) is 0 Å². The van der Waals surface area contributed by atoms with Crippen LogP contribution in [-0.2, 0) is 9.47 Å². The molecule has 0 atom stereocenters. The summed E-state index contributed by atoms with van der Waals surface area (Å²) >= 11 is 0. The maximum Gasteiger partial charge on any atom is 0.145 e. The van der Waals surface area contributed by atoms with E-state index in [2.05, 4.69) is 0 Å². The lowest BCUT2D eigenvalue weighted by Crippen LogP contribution is -2.10. The average molecular weight is 269 g/mol. The van der Waals surface area contributed by atoms with Crippen molar-refractivity contribution in [3.8, 4) is 11.5 Å². The first-order valence-corrected chi connectivity index (χ1v) is 6.49. The molecule has 2 N–H and O–H groups in total. The molecular weight excluding hydrogens is 246 g/mol. The van der Waals surface area contributed by atoms with Crippen LogP contribution in [0.2, 0.25) is 0 Å². The predicted octanol–water partition coefficient (Wildman–Crippen LogP) is 2.10. The van der Waals surface area contributed by atoms with Gasteiger partial charge in [0.2, 0.25) is 0 Å². The lowest BCUT2D eigenvalue weighted by Gasteiger charge is -2.11. The highest BCUT2D eigenvalue weighted by Crippen LogP contribution is 2.26. The Morgan fingerprint density at radius 3 is 2.53 bits per heavy atom. The molecule has 108 valence electrons. The molecule has 0 aliphatic rings. The fourth-order valence-electron chi connectivity index (χ4n) is 1.40. The Bertz CT molecular complexity index is 357. The molecule has 0 saturated heterocycles. The van der Waals surface area contributed by atoms with Crippen LogP contribution >= 0.6 is 0 Å². The molecule has 1 aromatic rings. The second kappa shape index (κ2) is 9.47. The quantitative estimate of drug-likeness (QED) is 0.520. The SMILES string of the molecule is CCCOc1cc(OCCOCCOC)ccc1N. The predicted molar refractivity (Wildman–Crippen MR) is 74.8 cm³/mol. The average Bonchev–Trinajstić information content (AvgIpc) is 2.43. The Balaban J connectivity index is 2.33. The summed E-state index contributed by atoms with van der Waals surface area (Å²) in [6.45, 7) is 4.88. The van der Waals surface area contributed by atoms with Crippen LogP contribution < -0.4 is 15.2 Å². The van der Waals surface area contributed by atoms with E-state index in [0.29, 0.717) is 44.5 Å². The molecule has 0 unspecified atom stereocenters. The van der Waals surface area contributed by atoms with Gasteiger partial charge in [-0.3, -0.25) is 0 Å². The highest BCUT2D eigenvalue weighted by molar-refractivity contribution is 5.55. The molecule has 0 radical (unpaired) electrons. The van der Waals surface area contributed by atoms with Gasteiger partial charge in [0.25, 0.3) is 0 Å². The molecule has 5 heteroatoms. The van der Waals surface area contributed by atoms with Crippen LogP contribution in [0.4, 0.5) is 5.69 Å². The van der Waals surface area contributed by atoms with Crippen LogP contribution in [0.15, 0.2) is 18.2 Å². The number of rotatable bonds is 10. The first kappa shape index (κ1) is 15.6. The molecule has 1 aromatic carbocycles. The van der Waals surface area contributed by atoms with Gasteiger partial charge >= 0.3 is 0 Å². The lowest BCUT2D eigenvalue weighted by atomic mass is 10.3. The summed E-state index contributed by atoms with van der Waals surface area (Å²) in [4.78, 5) is 0. The van der Waals surface area contributed by atoms with Gasteiger partial charge < -0.3 is 24.7 Å². The fraction of sp³-hybridized carbons (Fsp3) is 0.571. The largest absolute Gasteiger partial charge is 0.491 e. The Morgan fingerprint density at radius 1 is 1.00 bits per heavy atom. The van der Waals surface area contributed by atoms with Gasteiger partial charge in [-0.05, 0) is 18.6 Å². The van der Waals surface area contributed by atoms with E-state index >= 15 is 0 Å². The van der Waals surface area contributed by atoms with E-state index in [0.717, 1.165) is 12.2 Å². The van der Waals surface area contributed by atoms with Crippen LogP contribution in [0.1, 0.15) is 13.3 Å². The molecule has 5 nitrogen and oxygen atoms in total. The van der Waals surface area contributed by atoms with Gasteiger partial charge in [0, 0.05) is 13.2 Å². The molecule has 0 aromatic heterocycles. The third-order valence-electron chi connectivity index (χ3n) is 2.37. The number of benzene rings is 1. The van der Waals surface area contributed by atoms with Crippen molar-refractivity contribution < 1.29 is 18.9 Å². The van der Waals surface area contributed by atoms with E-state index in [1.54, 1.807) is 19.2 Å². The number of hydrogen-bond donors (Lipinski definition) is 1. The van der Waals surface area contributed by atoms with Crippen molar-refractivity contribution in [2.75, 3.05) is 45.9 Å². The van der Waals surface area contributed by atoms with Crippen LogP contribution in [-0.4, -0.2) is 40.1 Å². The van der Waals surface area contributed by atoms with E-state index in [1.165, 1.54) is 0 Å². The second-order valence-corrected chi connectivity index (χ2v) is 4.00. The number of nitrogen functional groups attached to an aromatic ring is 1. The molecule has 0 amide bonds. The Hall–Kier alpha value is -1.46. The van der Waals surface area contributed by atoms with E-state index in [9.17, 15) is 0 Å². The van der Waals surface area contributed by atoms with Gasteiger partial charge in [-0.1, -0.05) is 6.92 Å². The van der Waals surface area contributed by atoms with E-state index < -0.39 is 0 Å². The van der Waals surface area contributed by atoms with Crippen molar-refractivity contribution in [3.63, 3.8) is 0 Å². The standard InChI is InChI=1S/C14H23NO4/c1-3-6-19-14-11-12(4-5-13(14)15)18-10-9-17-8-7-16-2/h4-5,11H,3,6-10,15H2,1-2H3. The van der Waals surface area contributed by atoms with Crippen molar-refractivity contribution in [2.24, 2.45) is 0 Å². The zero-order valence-corrected chi connectivity index (χ0v) is 11.7. The zero-order chi connectivity index (χ0) is 13.9. The minimum atomic E-state index is 0.487. The highest BCUT2D eigenvalue weighted by atomic mass is 16.5. The van der Waals surface area contributed by atoms with Crippen LogP contribution in [0.25, 0.3) is 0 Å².